The molecule has 0 spiro atoms. The summed E-state index contributed by atoms with van der Waals surface area (Å²) in [4.78, 5) is 3.20. The third-order valence-electron chi connectivity index (χ3n) is 3.63. The molecule has 0 saturated carbocycles. The number of hydrogen-bond acceptors (Lipinski definition) is 2. The number of rotatable bonds is 2. The van der Waals surface area contributed by atoms with E-state index in [2.05, 4.69) is 4.98 Å². The van der Waals surface area contributed by atoms with Crippen LogP contribution in [0.15, 0.2) is 48.5 Å². The molecule has 2 aromatic carbocycles. The molecule has 0 radical (unpaired) electrons. The fourth-order valence-electron chi connectivity index (χ4n) is 2.39. The van der Waals surface area contributed by atoms with E-state index in [4.69, 9.17) is 0 Å². The first kappa shape index (κ1) is 13.2. The Morgan fingerprint density at radius 3 is 2.29 bits per heavy atom. The second kappa shape index (κ2) is 4.98. The van der Waals surface area contributed by atoms with E-state index >= 15 is 0 Å². The van der Waals surface area contributed by atoms with Crippen LogP contribution < -0.4 is 4.73 Å². The van der Waals surface area contributed by atoms with E-state index in [1.54, 1.807) is 18.2 Å². The molecule has 4 heteroatoms. The van der Waals surface area contributed by atoms with Gasteiger partial charge in [0.25, 0.3) is 0 Å². The SMILES string of the molecule is Cc1ccc(-c2[nH]c(-c3ccccc3O)[n+](O)c2C)cc1. The molecule has 0 aliphatic rings. The first-order valence-corrected chi connectivity index (χ1v) is 6.77. The van der Waals surface area contributed by atoms with Crippen LogP contribution in [0.1, 0.15) is 11.3 Å². The van der Waals surface area contributed by atoms with Gasteiger partial charge in [0.2, 0.25) is 0 Å². The van der Waals surface area contributed by atoms with Crippen molar-refractivity contribution < 1.29 is 15.0 Å². The van der Waals surface area contributed by atoms with Gasteiger partial charge in [-0.2, -0.15) is 0 Å². The number of nitrogens with one attached hydrogen (secondary N) is 1. The molecule has 3 rings (SSSR count). The average molecular weight is 281 g/mol. The lowest BCUT2D eigenvalue weighted by Gasteiger charge is -1.97. The molecular formula is C17H17N2O2+. The minimum atomic E-state index is 0.122. The number of phenols is 1. The van der Waals surface area contributed by atoms with Gasteiger partial charge < -0.3 is 10.3 Å². The number of benzene rings is 2. The molecule has 0 saturated heterocycles. The third-order valence-corrected chi connectivity index (χ3v) is 3.63. The van der Waals surface area contributed by atoms with E-state index in [-0.39, 0.29) is 5.75 Å². The molecule has 4 nitrogen and oxygen atoms in total. The van der Waals surface area contributed by atoms with Gasteiger partial charge in [-0.15, -0.1) is 0 Å². The standard InChI is InChI=1S/C17H16N2O2/c1-11-7-9-13(10-8-11)16-12(2)19(21)17(18-16)14-5-3-4-6-15(14)20/h3-10,21H,1-2H3,(H,18,20)/p+1. The van der Waals surface area contributed by atoms with Crippen LogP contribution in [0.25, 0.3) is 22.6 Å². The van der Waals surface area contributed by atoms with Gasteiger partial charge >= 0.3 is 5.82 Å². The molecule has 21 heavy (non-hydrogen) atoms. The maximum atomic E-state index is 10.3. The molecule has 3 aromatic rings. The van der Waals surface area contributed by atoms with Crippen molar-refractivity contribution in [1.82, 2.24) is 4.98 Å². The van der Waals surface area contributed by atoms with Gasteiger partial charge in [-0.3, -0.25) is 0 Å². The molecule has 0 unspecified atom stereocenters. The molecule has 0 aliphatic carbocycles. The number of nitrogens with zero attached hydrogens (tertiary/aromatic N) is 1. The largest absolute Gasteiger partial charge is 0.507 e. The Morgan fingerprint density at radius 2 is 1.62 bits per heavy atom. The van der Waals surface area contributed by atoms with Crippen molar-refractivity contribution >= 4 is 0 Å². The number of imidazole rings is 1. The van der Waals surface area contributed by atoms with Gasteiger partial charge in [-0.25, -0.2) is 4.98 Å². The fraction of sp³-hybridized carbons (Fsp3) is 0.118. The number of aromatic nitrogens is 2. The van der Waals surface area contributed by atoms with Gasteiger partial charge in [-0.05, 0) is 23.8 Å². The third kappa shape index (κ3) is 2.25. The van der Waals surface area contributed by atoms with Crippen molar-refractivity contribution in [2.75, 3.05) is 0 Å². The number of para-hydroxylation sites is 1. The Hall–Kier alpha value is -2.75. The van der Waals surface area contributed by atoms with Crippen LogP contribution in [0.3, 0.4) is 0 Å². The number of H-pyrrole nitrogens is 1. The number of phenolic OH excluding ortho intramolecular Hbond substituents is 1. The van der Waals surface area contributed by atoms with Gasteiger partial charge in [0.15, 0.2) is 11.4 Å². The lowest BCUT2D eigenvalue weighted by atomic mass is 10.1. The highest BCUT2D eigenvalue weighted by molar-refractivity contribution is 5.67. The van der Waals surface area contributed by atoms with Gasteiger partial charge in [-0.1, -0.05) is 42.0 Å². The van der Waals surface area contributed by atoms with E-state index in [0.717, 1.165) is 16.0 Å². The highest BCUT2D eigenvalue weighted by Crippen LogP contribution is 2.29. The van der Waals surface area contributed by atoms with E-state index in [9.17, 15) is 10.3 Å². The van der Waals surface area contributed by atoms with Crippen LogP contribution >= 0.6 is 0 Å². The van der Waals surface area contributed by atoms with Crippen molar-refractivity contribution in [2.24, 2.45) is 0 Å². The molecule has 0 amide bonds. The molecule has 106 valence electrons. The summed E-state index contributed by atoms with van der Waals surface area (Å²) >= 11 is 0. The van der Waals surface area contributed by atoms with Crippen molar-refractivity contribution in [1.29, 1.82) is 0 Å². The highest BCUT2D eigenvalue weighted by Gasteiger charge is 2.25. The summed E-state index contributed by atoms with van der Waals surface area (Å²) in [5.74, 6) is 0.582. The first-order chi connectivity index (χ1) is 10.1. The van der Waals surface area contributed by atoms with E-state index in [1.807, 2.05) is 44.2 Å². The van der Waals surface area contributed by atoms with Gasteiger partial charge in [0.05, 0.1) is 0 Å². The minimum Gasteiger partial charge on any atom is -0.507 e. The predicted octanol–water partition coefficient (Wildman–Crippen LogP) is 3.20. The molecular weight excluding hydrogens is 264 g/mol. The zero-order chi connectivity index (χ0) is 15.0. The van der Waals surface area contributed by atoms with Crippen LogP contribution in [-0.4, -0.2) is 15.3 Å². The van der Waals surface area contributed by atoms with Crippen LogP contribution in [0.5, 0.6) is 5.75 Å². The summed E-state index contributed by atoms with van der Waals surface area (Å²) in [5.41, 5.74) is 4.25. The smallest absolute Gasteiger partial charge is 0.330 e. The molecule has 1 heterocycles. The summed E-state index contributed by atoms with van der Waals surface area (Å²) in [7, 11) is 0. The number of aryl methyl sites for hydroxylation is 1. The minimum absolute atomic E-state index is 0.122. The zero-order valence-electron chi connectivity index (χ0n) is 12.0. The fourth-order valence-corrected chi connectivity index (χ4v) is 2.39. The summed E-state index contributed by atoms with van der Waals surface area (Å²) < 4.78 is 1.07. The maximum absolute atomic E-state index is 10.3. The summed E-state index contributed by atoms with van der Waals surface area (Å²) in [6.07, 6.45) is 0. The molecule has 3 N–H and O–H groups in total. The van der Waals surface area contributed by atoms with Crippen LogP contribution in [0.4, 0.5) is 0 Å². The second-order valence-electron chi connectivity index (χ2n) is 5.13. The van der Waals surface area contributed by atoms with Crippen LogP contribution in [0, 0.1) is 13.8 Å². The van der Waals surface area contributed by atoms with E-state index in [1.165, 1.54) is 5.56 Å². The lowest BCUT2D eigenvalue weighted by molar-refractivity contribution is -0.899. The highest BCUT2D eigenvalue weighted by atomic mass is 16.5. The normalized spacial score (nSPS) is 10.8. The Labute approximate surface area is 122 Å². The van der Waals surface area contributed by atoms with Crippen molar-refractivity contribution in [3.63, 3.8) is 0 Å². The lowest BCUT2D eigenvalue weighted by Crippen LogP contribution is -2.33. The van der Waals surface area contributed by atoms with E-state index in [0.29, 0.717) is 17.1 Å². The van der Waals surface area contributed by atoms with Crippen molar-refractivity contribution in [2.45, 2.75) is 13.8 Å². The number of aromatic hydroxyl groups is 1. The summed E-state index contributed by atoms with van der Waals surface area (Å²) in [5, 5.41) is 20.2. The molecule has 1 aromatic heterocycles. The quantitative estimate of drug-likeness (QED) is 0.499. The van der Waals surface area contributed by atoms with Crippen LogP contribution in [-0.2, 0) is 0 Å². The topological polar surface area (TPSA) is 60.1 Å². The Bertz CT molecular complexity index is 789. The summed E-state index contributed by atoms with van der Waals surface area (Å²) in [6, 6.07) is 15.0. The Morgan fingerprint density at radius 1 is 0.952 bits per heavy atom. The van der Waals surface area contributed by atoms with Gasteiger partial charge in [0, 0.05) is 12.5 Å². The average Bonchev–Trinajstić information content (AvgIpc) is 2.77. The first-order valence-electron chi connectivity index (χ1n) is 6.77. The number of aromatic amines is 1. The predicted molar refractivity (Wildman–Crippen MR) is 80.2 cm³/mol. The Balaban J connectivity index is 2.16. The van der Waals surface area contributed by atoms with Crippen molar-refractivity contribution in [3.05, 3.63) is 59.8 Å². The second-order valence-corrected chi connectivity index (χ2v) is 5.13. The molecule has 0 fully saturated rings. The van der Waals surface area contributed by atoms with Crippen molar-refractivity contribution in [3.8, 4) is 28.4 Å². The Kier molecular flexibility index (Phi) is 3.14. The van der Waals surface area contributed by atoms with Gasteiger partial charge in [0.1, 0.15) is 11.3 Å². The monoisotopic (exact) mass is 281 g/mol. The molecule has 0 aliphatic heterocycles. The van der Waals surface area contributed by atoms with E-state index < -0.39 is 0 Å². The van der Waals surface area contributed by atoms with Crippen LogP contribution in [0.2, 0.25) is 0 Å². The summed E-state index contributed by atoms with van der Waals surface area (Å²) in [6.45, 7) is 3.86. The maximum Gasteiger partial charge on any atom is 0.330 e. The zero-order valence-corrected chi connectivity index (χ0v) is 12.0. The number of hydrogen-bond donors (Lipinski definition) is 3. The molecule has 0 bridgehead atoms. The molecule has 0 atom stereocenters.